The second-order valence-corrected chi connectivity index (χ2v) is 5.57. The fourth-order valence-corrected chi connectivity index (χ4v) is 2.83. The summed E-state index contributed by atoms with van der Waals surface area (Å²) >= 11 is 9.34. The number of hydroxylamine groups is 1. The summed E-state index contributed by atoms with van der Waals surface area (Å²) in [6.45, 7) is 2.81. The number of rotatable bonds is 2. The maximum atomic E-state index is 5.87. The number of fused-ring (bicyclic) bond motifs is 1. The fraction of sp³-hybridized carbons (Fsp3) is 0.333. The average molecular weight is 316 g/mol. The van der Waals surface area contributed by atoms with Gasteiger partial charge in [-0.1, -0.05) is 23.7 Å². The molecule has 0 amide bonds. The Hall–Kier alpha value is -0.550. The fourth-order valence-electron chi connectivity index (χ4n) is 2.23. The molecule has 0 radical (unpaired) electrons. The lowest BCUT2D eigenvalue weighted by atomic mass is 10.2. The van der Waals surface area contributed by atoms with Crippen LogP contribution in [0.5, 0.6) is 0 Å². The van der Waals surface area contributed by atoms with Gasteiger partial charge in [0.25, 0.3) is 0 Å². The van der Waals surface area contributed by atoms with Gasteiger partial charge in [-0.3, -0.25) is 15.2 Å². The molecule has 1 aromatic rings. The highest BCUT2D eigenvalue weighted by Gasteiger charge is 2.34. The molecule has 3 nitrogen and oxygen atoms in total. The van der Waals surface area contributed by atoms with Crippen LogP contribution in [0, 0.1) is 0 Å². The summed E-state index contributed by atoms with van der Waals surface area (Å²) < 4.78 is 0.987. The van der Waals surface area contributed by atoms with E-state index < -0.39 is 0 Å². The molecule has 0 spiro atoms. The molecule has 2 heterocycles. The molecular formula is C12H12BrClN2O. The Morgan fingerprint density at radius 1 is 1.41 bits per heavy atom. The molecule has 3 rings (SSSR count). The van der Waals surface area contributed by atoms with Crippen LogP contribution in [0.15, 0.2) is 34.4 Å². The van der Waals surface area contributed by atoms with Crippen molar-refractivity contribution >= 4 is 27.5 Å². The molecular weight excluding hydrogens is 304 g/mol. The first kappa shape index (κ1) is 11.5. The van der Waals surface area contributed by atoms with E-state index >= 15 is 0 Å². The second-order valence-electron chi connectivity index (χ2n) is 4.34. The van der Waals surface area contributed by atoms with Crippen molar-refractivity contribution in [2.24, 2.45) is 0 Å². The van der Waals surface area contributed by atoms with Crippen LogP contribution in [-0.4, -0.2) is 24.1 Å². The lowest BCUT2D eigenvalue weighted by molar-refractivity contribution is 0.0382. The highest BCUT2D eigenvalue weighted by molar-refractivity contribution is 9.11. The Balaban J connectivity index is 1.68. The quantitative estimate of drug-likeness (QED) is 0.849. The minimum atomic E-state index is 0.191. The van der Waals surface area contributed by atoms with Gasteiger partial charge in [0.15, 0.2) is 0 Å². The van der Waals surface area contributed by atoms with Crippen LogP contribution in [0.4, 0.5) is 0 Å². The van der Waals surface area contributed by atoms with E-state index in [1.165, 1.54) is 11.1 Å². The van der Waals surface area contributed by atoms with Crippen LogP contribution >= 0.6 is 27.5 Å². The molecule has 2 aliphatic rings. The monoisotopic (exact) mass is 314 g/mol. The van der Waals surface area contributed by atoms with Crippen molar-refractivity contribution in [3.05, 3.63) is 45.0 Å². The van der Waals surface area contributed by atoms with Gasteiger partial charge in [-0.05, 0) is 33.6 Å². The number of benzene rings is 1. The molecule has 1 aromatic carbocycles. The maximum absolute atomic E-state index is 5.87. The molecule has 1 N–H and O–H groups in total. The molecule has 0 aliphatic carbocycles. The summed E-state index contributed by atoms with van der Waals surface area (Å²) in [6, 6.07) is 8.00. The first-order valence-electron chi connectivity index (χ1n) is 5.49. The molecule has 1 saturated heterocycles. The third-order valence-electron chi connectivity index (χ3n) is 3.10. The normalized spacial score (nSPS) is 24.0. The van der Waals surface area contributed by atoms with Crippen molar-refractivity contribution in [3.8, 4) is 0 Å². The van der Waals surface area contributed by atoms with Crippen LogP contribution in [0.25, 0.3) is 0 Å². The van der Waals surface area contributed by atoms with Crippen molar-refractivity contribution in [3.63, 3.8) is 0 Å². The Labute approximate surface area is 113 Å². The number of halogens is 2. The SMILES string of the molecule is Clc1ccc(CN2CC3=C(Br)NO[C@H]3C2)cc1. The van der Waals surface area contributed by atoms with Gasteiger partial charge in [0, 0.05) is 30.2 Å². The molecule has 1 atom stereocenters. The van der Waals surface area contributed by atoms with Crippen molar-refractivity contribution < 1.29 is 4.84 Å². The number of nitrogens with zero attached hydrogens (tertiary/aromatic N) is 1. The van der Waals surface area contributed by atoms with E-state index in [4.69, 9.17) is 16.4 Å². The van der Waals surface area contributed by atoms with E-state index in [0.717, 1.165) is 29.3 Å². The third-order valence-corrected chi connectivity index (χ3v) is 4.02. The molecule has 5 heteroatoms. The molecule has 2 aliphatic heterocycles. The summed E-state index contributed by atoms with van der Waals surface area (Å²) in [4.78, 5) is 7.81. The predicted octanol–water partition coefficient (Wildman–Crippen LogP) is 2.67. The summed E-state index contributed by atoms with van der Waals surface area (Å²) in [7, 11) is 0. The van der Waals surface area contributed by atoms with Gasteiger partial charge in [-0.15, -0.1) is 0 Å². The summed E-state index contributed by atoms with van der Waals surface area (Å²) in [6.07, 6.45) is 0.191. The maximum Gasteiger partial charge on any atom is 0.123 e. The largest absolute Gasteiger partial charge is 0.292 e. The summed E-state index contributed by atoms with van der Waals surface area (Å²) in [5.74, 6) is 0. The number of nitrogens with one attached hydrogen (secondary N) is 1. The third kappa shape index (κ3) is 2.36. The molecule has 0 aromatic heterocycles. The first-order valence-corrected chi connectivity index (χ1v) is 6.66. The number of hydrogen-bond donors (Lipinski definition) is 1. The molecule has 17 heavy (non-hydrogen) atoms. The van der Waals surface area contributed by atoms with Gasteiger partial charge >= 0.3 is 0 Å². The first-order chi connectivity index (χ1) is 8.22. The molecule has 0 saturated carbocycles. The Kier molecular flexibility index (Phi) is 3.13. The molecule has 1 fully saturated rings. The highest BCUT2D eigenvalue weighted by atomic mass is 79.9. The Morgan fingerprint density at radius 3 is 2.88 bits per heavy atom. The predicted molar refractivity (Wildman–Crippen MR) is 70.7 cm³/mol. The van der Waals surface area contributed by atoms with Crippen LogP contribution in [0.2, 0.25) is 5.02 Å². The van der Waals surface area contributed by atoms with Gasteiger partial charge in [-0.25, -0.2) is 0 Å². The van der Waals surface area contributed by atoms with E-state index in [1.54, 1.807) is 0 Å². The molecule has 0 unspecified atom stereocenters. The van der Waals surface area contributed by atoms with Gasteiger partial charge in [-0.2, -0.15) is 0 Å². The topological polar surface area (TPSA) is 24.5 Å². The van der Waals surface area contributed by atoms with Crippen LogP contribution < -0.4 is 5.48 Å². The summed E-state index contributed by atoms with van der Waals surface area (Å²) in [5, 5.41) is 0.782. The average Bonchev–Trinajstić information content (AvgIpc) is 2.85. The van der Waals surface area contributed by atoms with Crippen molar-refractivity contribution in [2.45, 2.75) is 12.6 Å². The Morgan fingerprint density at radius 2 is 2.18 bits per heavy atom. The zero-order valence-corrected chi connectivity index (χ0v) is 11.5. The zero-order chi connectivity index (χ0) is 11.8. The van der Waals surface area contributed by atoms with E-state index in [0.29, 0.717) is 0 Å². The van der Waals surface area contributed by atoms with Crippen molar-refractivity contribution in [1.82, 2.24) is 10.4 Å². The lowest BCUT2D eigenvalue weighted by Gasteiger charge is -2.15. The zero-order valence-electron chi connectivity index (χ0n) is 9.12. The van der Waals surface area contributed by atoms with Gasteiger partial charge < -0.3 is 0 Å². The minimum Gasteiger partial charge on any atom is -0.292 e. The van der Waals surface area contributed by atoms with Gasteiger partial charge in [0.1, 0.15) is 10.7 Å². The van der Waals surface area contributed by atoms with Crippen LogP contribution in [0.3, 0.4) is 0 Å². The van der Waals surface area contributed by atoms with Crippen LogP contribution in [-0.2, 0) is 11.4 Å². The smallest absolute Gasteiger partial charge is 0.123 e. The number of hydrogen-bond acceptors (Lipinski definition) is 3. The summed E-state index contributed by atoms with van der Waals surface area (Å²) in [5.41, 5.74) is 5.45. The van der Waals surface area contributed by atoms with Crippen molar-refractivity contribution in [2.75, 3.05) is 13.1 Å². The van der Waals surface area contributed by atoms with E-state index in [-0.39, 0.29) is 6.10 Å². The second kappa shape index (κ2) is 4.61. The Bertz CT molecular complexity index is 460. The van der Waals surface area contributed by atoms with E-state index in [9.17, 15) is 0 Å². The number of likely N-dealkylation sites (tertiary alicyclic amines) is 1. The minimum absolute atomic E-state index is 0.191. The highest BCUT2D eigenvalue weighted by Crippen LogP contribution is 2.29. The standard InChI is InChI=1S/C12H12BrClN2O/c13-12-10-6-16(7-11(10)17-15-12)5-8-1-3-9(14)4-2-8/h1-4,11,15H,5-7H2/t11-/m0/s1. The molecule has 90 valence electrons. The van der Waals surface area contributed by atoms with E-state index in [1.807, 2.05) is 12.1 Å². The van der Waals surface area contributed by atoms with Crippen molar-refractivity contribution in [1.29, 1.82) is 0 Å². The molecule has 0 bridgehead atoms. The van der Waals surface area contributed by atoms with Crippen LogP contribution in [0.1, 0.15) is 5.56 Å². The van der Waals surface area contributed by atoms with Gasteiger partial charge in [0.2, 0.25) is 0 Å². The van der Waals surface area contributed by atoms with Gasteiger partial charge in [0.05, 0.1) is 0 Å². The lowest BCUT2D eigenvalue weighted by Crippen LogP contribution is -2.24. The van der Waals surface area contributed by atoms with E-state index in [2.05, 4.69) is 38.4 Å².